The largest absolute Gasteiger partial charge is 0.376 e. The summed E-state index contributed by atoms with van der Waals surface area (Å²) in [6.45, 7) is 1.45. The summed E-state index contributed by atoms with van der Waals surface area (Å²) in [7, 11) is 0. The van der Waals surface area contributed by atoms with Gasteiger partial charge in [-0.15, -0.1) is 0 Å². The van der Waals surface area contributed by atoms with E-state index >= 15 is 0 Å². The van der Waals surface area contributed by atoms with Crippen molar-refractivity contribution in [2.24, 2.45) is 0 Å². The lowest BCUT2D eigenvalue weighted by Crippen LogP contribution is -2.32. The molecule has 4 nitrogen and oxygen atoms in total. The van der Waals surface area contributed by atoms with E-state index in [0.29, 0.717) is 12.3 Å². The van der Waals surface area contributed by atoms with E-state index in [1.165, 1.54) is 11.8 Å². The predicted molar refractivity (Wildman–Crippen MR) is 66.9 cm³/mol. The van der Waals surface area contributed by atoms with Gasteiger partial charge in [-0.05, 0) is 25.0 Å². The molecule has 1 aromatic heterocycles. The number of rotatable bonds is 5. The Morgan fingerprint density at radius 3 is 3.24 bits per heavy atom. The minimum atomic E-state index is 0.0381. The first-order valence-electron chi connectivity index (χ1n) is 5.77. The third-order valence-corrected chi connectivity index (χ3v) is 3.48. The number of hydrogen-bond donors (Lipinski definition) is 1. The first-order chi connectivity index (χ1) is 8.34. The van der Waals surface area contributed by atoms with Crippen LogP contribution < -0.4 is 5.32 Å². The second kappa shape index (κ2) is 6.61. The molecule has 1 unspecified atom stereocenters. The minimum Gasteiger partial charge on any atom is -0.376 e. The molecule has 1 atom stereocenters. The molecule has 17 heavy (non-hydrogen) atoms. The number of aromatic nitrogens is 1. The molecule has 1 aromatic rings. The molecule has 1 aliphatic rings. The van der Waals surface area contributed by atoms with Crippen LogP contribution in [0.2, 0.25) is 0 Å². The minimum absolute atomic E-state index is 0.0381. The van der Waals surface area contributed by atoms with E-state index in [2.05, 4.69) is 10.3 Å². The molecular weight excluding hydrogens is 236 g/mol. The fourth-order valence-electron chi connectivity index (χ4n) is 1.66. The van der Waals surface area contributed by atoms with Gasteiger partial charge >= 0.3 is 0 Å². The van der Waals surface area contributed by atoms with Gasteiger partial charge in [0.2, 0.25) is 5.91 Å². The molecule has 1 amide bonds. The quantitative estimate of drug-likeness (QED) is 0.806. The van der Waals surface area contributed by atoms with E-state index in [9.17, 15) is 4.79 Å². The summed E-state index contributed by atoms with van der Waals surface area (Å²) in [5.41, 5.74) is 0. The number of thioether (sulfide) groups is 1. The van der Waals surface area contributed by atoms with Crippen LogP contribution in [-0.4, -0.2) is 35.9 Å². The summed E-state index contributed by atoms with van der Waals surface area (Å²) in [6.07, 6.45) is 4.09. The topological polar surface area (TPSA) is 51.2 Å². The number of ether oxygens (including phenoxy) is 1. The molecule has 1 saturated heterocycles. The van der Waals surface area contributed by atoms with E-state index in [4.69, 9.17) is 4.74 Å². The number of carbonyl (C=O) groups excluding carboxylic acids is 1. The van der Waals surface area contributed by atoms with Gasteiger partial charge in [0.15, 0.2) is 0 Å². The average molecular weight is 252 g/mol. The SMILES string of the molecule is O=C(CSc1ccccn1)NCC1CCCO1. The smallest absolute Gasteiger partial charge is 0.230 e. The first kappa shape index (κ1) is 12.4. The van der Waals surface area contributed by atoms with Crippen LogP contribution in [0, 0.1) is 0 Å². The Hall–Kier alpha value is -1.07. The van der Waals surface area contributed by atoms with Crippen molar-refractivity contribution in [2.45, 2.75) is 24.0 Å². The summed E-state index contributed by atoms with van der Waals surface area (Å²) in [6, 6.07) is 5.68. The Bertz CT molecular complexity index is 353. The standard InChI is InChI=1S/C12H16N2O2S/c15-11(14-8-10-4-3-7-16-10)9-17-12-5-1-2-6-13-12/h1-2,5-6,10H,3-4,7-9H2,(H,14,15). The van der Waals surface area contributed by atoms with Crippen LogP contribution in [0.5, 0.6) is 0 Å². The second-order valence-electron chi connectivity index (χ2n) is 3.90. The lowest BCUT2D eigenvalue weighted by atomic mass is 10.2. The van der Waals surface area contributed by atoms with Crippen LogP contribution >= 0.6 is 11.8 Å². The Balaban J connectivity index is 1.64. The van der Waals surface area contributed by atoms with E-state index in [-0.39, 0.29) is 12.0 Å². The van der Waals surface area contributed by atoms with Crippen LogP contribution in [0.3, 0.4) is 0 Å². The van der Waals surface area contributed by atoms with Crippen molar-refractivity contribution in [3.8, 4) is 0 Å². The van der Waals surface area contributed by atoms with Gasteiger partial charge in [-0.2, -0.15) is 0 Å². The number of amides is 1. The zero-order valence-electron chi connectivity index (χ0n) is 9.59. The number of hydrogen-bond acceptors (Lipinski definition) is 4. The molecule has 92 valence electrons. The van der Waals surface area contributed by atoms with Crippen molar-refractivity contribution in [3.63, 3.8) is 0 Å². The monoisotopic (exact) mass is 252 g/mol. The van der Waals surface area contributed by atoms with Gasteiger partial charge < -0.3 is 10.1 Å². The van der Waals surface area contributed by atoms with Gasteiger partial charge in [0.25, 0.3) is 0 Å². The highest BCUT2D eigenvalue weighted by Gasteiger charge is 2.15. The highest BCUT2D eigenvalue weighted by molar-refractivity contribution is 7.99. The predicted octanol–water partition coefficient (Wildman–Crippen LogP) is 1.47. The fourth-order valence-corrected chi connectivity index (χ4v) is 2.35. The number of carbonyl (C=O) groups is 1. The lowest BCUT2D eigenvalue weighted by Gasteiger charge is -2.10. The van der Waals surface area contributed by atoms with Gasteiger partial charge in [-0.1, -0.05) is 17.8 Å². The summed E-state index contributed by atoms with van der Waals surface area (Å²) < 4.78 is 5.43. The Kier molecular flexibility index (Phi) is 4.82. The van der Waals surface area contributed by atoms with Crippen LogP contribution in [-0.2, 0) is 9.53 Å². The summed E-state index contributed by atoms with van der Waals surface area (Å²) in [4.78, 5) is 15.7. The summed E-state index contributed by atoms with van der Waals surface area (Å²) in [5.74, 6) is 0.445. The molecule has 0 saturated carbocycles. The highest BCUT2D eigenvalue weighted by atomic mass is 32.2. The first-order valence-corrected chi connectivity index (χ1v) is 6.75. The third-order valence-electron chi connectivity index (χ3n) is 2.54. The maximum Gasteiger partial charge on any atom is 0.230 e. The van der Waals surface area contributed by atoms with Gasteiger partial charge in [0.1, 0.15) is 0 Å². The molecule has 2 rings (SSSR count). The van der Waals surface area contributed by atoms with E-state index < -0.39 is 0 Å². The molecule has 0 bridgehead atoms. The summed E-state index contributed by atoms with van der Waals surface area (Å²) in [5, 5.41) is 3.76. The maximum absolute atomic E-state index is 11.6. The zero-order valence-corrected chi connectivity index (χ0v) is 10.4. The molecule has 0 aliphatic carbocycles. The fraction of sp³-hybridized carbons (Fsp3) is 0.500. The second-order valence-corrected chi connectivity index (χ2v) is 4.89. The van der Waals surface area contributed by atoms with Gasteiger partial charge in [0, 0.05) is 19.3 Å². The molecular formula is C12H16N2O2S. The van der Waals surface area contributed by atoms with Crippen molar-refractivity contribution in [1.29, 1.82) is 0 Å². The lowest BCUT2D eigenvalue weighted by molar-refractivity contribution is -0.119. The molecule has 0 radical (unpaired) electrons. The van der Waals surface area contributed by atoms with Crippen molar-refractivity contribution in [2.75, 3.05) is 18.9 Å². The van der Waals surface area contributed by atoms with E-state index in [1.54, 1.807) is 6.20 Å². The molecule has 1 fully saturated rings. The van der Waals surface area contributed by atoms with Gasteiger partial charge in [-0.3, -0.25) is 4.79 Å². The molecule has 5 heteroatoms. The van der Waals surface area contributed by atoms with Crippen molar-refractivity contribution >= 4 is 17.7 Å². The Morgan fingerprint density at radius 2 is 2.53 bits per heavy atom. The number of pyridine rings is 1. The Labute approximate surface area is 105 Å². The van der Waals surface area contributed by atoms with Gasteiger partial charge in [-0.25, -0.2) is 4.98 Å². The van der Waals surface area contributed by atoms with Crippen LogP contribution in [0.4, 0.5) is 0 Å². The maximum atomic E-state index is 11.6. The van der Waals surface area contributed by atoms with E-state index in [1.807, 2.05) is 18.2 Å². The molecule has 0 spiro atoms. The van der Waals surface area contributed by atoms with Crippen molar-refractivity contribution < 1.29 is 9.53 Å². The van der Waals surface area contributed by atoms with Gasteiger partial charge in [0.05, 0.1) is 16.9 Å². The summed E-state index contributed by atoms with van der Waals surface area (Å²) >= 11 is 1.45. The normalized spacial score (nSPS) is 19.2. The van der Waals surface area contributed by atoms with Crippen molar-refractivity contribution in [3.05, 3.63) is 24.4 Å². The number of nitrogens with zero attached hydrogens (tertiary/aromatic N) is 1. The average Bonchev–Trinajstić information content (AvgIpc) is 2.88. The molecule has 2 heterocycles. The molecule has 0 aromatic carbocycles. The molecule has 1 aliphatic heterocycles. The zero-order chi connectivity index (χ0) is 11.9. The van der Waals surface area contributed by atoms with E-state index in [0.717, 1.165) is 24.5 Å². The molecule has 1 N–H and O–H groups in total. The number of nitrogens with one attached hydrogen (secondary N) is 1. The van der Waals surface area contributed by atoms with Crippen LogP contribution in [0.25, 0.3) is 0 Å². The highest BCUT2D eigenvalue weighted by Crippen LogP contribution is 2.13. The van der Waals surface area contributed by atoms with Crippen LogP contribution in [0.1, 0.15) is 12.8 Å². The Morgan fingerprint density at radius 1 is 1.59 bits per heavy atom. The van der Waals surface area contributed by atoms with Crippen molar-refractivity contribution in [1.82, 2.24) is 10.3 Å². The van der Waals surface area contributed by atoms with Crippen LogP contribution in [0.15, 0.2) is 29.4 Å². The third kappa shape index (κ3) is 4.36.